The summed E-state index contributed by atoms with van der Waals surface area (Å²) in [7, 11) is 0. The fourth-order valence-corrected chi connectivity index (χ4v) is 2.92. The molecule has 1 fully saturated rings. The predicted octanol–water partition coefficient (Wildman–Crippen LogP) is 5.00. The van der Waals surface area contributed by atoms with Crippen molar-refractivity contribution >= 4 is 0 Å². The molecule has 0 aliphatic carbocycles. The van der Waals surface area contributed by atoms with Gasteiger partial charge >= 0.3 is 0 Å². The van der Waals surface area contributed by atoms with Crippen LogP contribution >= 0.6 is 0 Å². The molecule has 0 aromatic carbocycles. The van der Waals surface area contributed by atoms with Crippen LogP contribution in [0, 0.1) is 0 Å². The summed E-state index contributed by atoms with van der Waals surface area (Å²) in [5.41, 5.74) is -0.855. The van der Waals surface area contributed by atoms with Crippen molar-refractivity contribution in [1.82, 2.24) is 5.32 Å². The van der Waals surface area contributed by atoms with Gasteiger partial charge in [-0.1, -0.05) is 58.3 Å². The van der Waals surface area contributed by atoms with Crippen LogP contribution in [-0.4, -0.2) is 18.8 Å². The molecule has 1 saturated heterocycles. The van der Waals surface area contributed by atoms with Crippen LogP contribution in [0.3, 0.4) is 0 Å². The zero-order chi connectivity index (χ0) is 13.1. The lowest BCUT2D eigenvalue weighted by atomic mass is 9.90. The number of halogens is 1. The molecule has 0 saturated carbocycles. The molecule has 1 N–H and O–H groups in total. The van der Waals surface area contributed by atoms with E-state index < -0.39 is 5.67 Å². The second-order valence-corrected chi connectivity index (χ2v) is 5.98. The van der Waals surface area contributed by atoms with Crippen LogP contribution in [0.15, 0.2) is 0 Å². The second-order valence-electron chi connectivity index (χ2n) is 5.98. The van der Waals surface area contributed by atoms with E-state index in [0.29, 0.717) is 0 Å². The number of hydrogen-bond acceptors (Lipinski definition) is 1. The van der Waals surface area contributed by atoms with Crippen molar-refractivity contribution in [3.05, 3.63) is 0 Å². The quantitative estimate of drug-likeness (QED) is 0.573. The van der Waals surface area contributed by atoms with Gasteiger partial charge in [-0.2, -0.15) is 0 Å². The van der Waals surface area contributed by atoms with Gasteiger partial charge in [0, 0.05) is 0 Å². The van der Waals surface area contributed by atoms with Gasteiger partial charge in [0.2, 0.25) is 0 Å². The average molecular weight is 257 g/mol. The highest BCUT2D eigenvalue weighted by Crippen LogP contribution is 2.30. The summed E-state index contributed by atoms with van der Waals surface area (Å²) in [5.74, 6) is 0. The summed E-state index contributed by atoms with van der Waals surface area (Å²) < 4.78 is 14.5. The molecule has 0 radical (unpaired) electrons. The van der Waals surface area contributed by atoms with Gasteiger partial charge in [-0.3, -0.25) is 0 Å². The van der Waals surface area contributed by atoms with Crippen molar-refractivity contribution in [2.24, 2.45) is 0 Å². The van der Waals surface area contributed by atoms with Crippen LogP contribution in [0.1, 0.15) is 84.0 Å². The number of nitrogens with one attached hydrogen (secondary N) is 1. The third kappa shape index (κ3) is 7.35. The maximum Gasteiger partial charge on any atom is 0.112 e. The molecule has 0 aromatic rings. The van der Waals surface area contributed by atoms with E-state index in [1.54, 1.807) is 0 Å². The first-order chi connectivity index (χ1) is 8.77. The second kappa shape index (κ2) is 9.77. The Hall–Kier alpha value is -0.110. The topological polar surface area (TPSA) is 12.0 Å². The van der Waals surface area contributed by atoms with Crippen molar-refractivity contribution in [1.29, 1.82) is 0 Å². The minimum Gasteiger partial charge on any atom is -0.317 e. The van der Waals surface area contributed by atoms with Crippen molar-refractivity contribution in [2.45, 2.75) is 89.6 Å². The highest BCUT2D eigenvalue weighted by Gasteiger charge is 2.29. The average Bonchev–Trinajstić information content (AvgIpc) is 2.58. The summed E-state index contributed by atoms with van der Waals surface area (Å²) in [6, 6.07) is 0. The molecule has 1 heterocycles. The van der Waals surface area contributed by atoms with Crippen LogP contribution in [0.25, 0.3) is 0 Å². The number of hydrogen-bond donors (Lipinski definition) is 1. The molecule has 0 amide bonds. The Balaban J connectivity index is 1.95. The predicted molar refractivity (Wildman–Crippen MR) is 77.8 cm³/mol. The molecule has 0 spiro atoms. The minimum absolute atomic E-state index is 0.726. The van der Waals surface area contributed by atoms with Gasteiger partial charge in [-0.15, -0.1) is 0 Å². The molecule has 1 aliphatic heterocycles. The lowest BCUT2D eigenvalue weighted by molar-refractivity contribution is 0.127. The van der Waals surface area contributed by atoms with Crippen LogP contribution < -0.4 is 5.32 Å². The van der Waals surface area contributed by atoms with Gasteiger partial charge in [-0.05, 0) is 38.8 Å². The van der Waals surface area contributed by atoms with E-state index in [9.17, 15) is 4.39 Å². The van der Waals surface area contributed by atoms with E-state index in [-0.39, 0.29) is 0 Å². The zero-order valence-electron chi connectivity index (χ0n) is 12.3. The monoisotopic (exact) mass is 257 g/mol. The van der Waals surface area contributed by atoms with E-state index in [1.165, 1.54) is 44.9 Å². The maximum atomic E-state index is 14.5. The minimum atomic E-state index is -0.855. The Bertz CT molecular complexity index is 186. The van der Waals surface area contributed by atoms with E-state index >= 15 is 0 Å². The van der Waals surface area contributed by atoms with Gasteiger partial charge in [0.15, 0.2) is 0 Å². The van der Waals surface area contributed by atoms with E-state index in [1.807, 2.05) is 0 Å². The van der Waals surface area contributed by atoms with Crippen LogP contribution in [0.5, 0.6) is 0 Å². The summed E-state index contributed by atoms with van der Waals surface area (Å²) >= 11 is 0. The van der Waals surface area contributed by atoms with Gasteiger partial charge in [0.05, 0.1) is 0 Å². The third-order valence-electron chi connectivity index (χ3n) is 4.21. The first kappa shape index (κ1) is 15.9. The van der Waals surface area contributed by atoms with Crippen molar-refractivity contribution in [3.63, 3.8) is 0 Å². The molecule has 18 heavy (non-hydrogen) atoms. The summed E-state index contributed by atoms with van der Waals surface area (Å²) in [6.07, 6.45) is 13.7. The van der Waals surface area contributed by atoms with Gasteiger partial charge in [0.25, 0.3) is 0 Å². The fraction of sp³-hybridized carbons (Fsp3) is 1.00. The molecular formula is C16H32FN. The molecule has 1 unspecified atom stereocenters. The Morgan fingerprint density at radius 3 is 2.28 bits per heavy atom. The standard InChI is InChI=1S/C16H32FN/c1-2-3-4-5-6-7-8-9-11-16(17)12-10-14-18-15-13-16/h18H,2-15H2,1H3. The largest absolute Gasteiger partial charge is 0.317 e. The third-order valence-corrected chi connectivity index (χ3v) is 4.21. The van der Waals surface area contributed by atoms with Crippen molar-refractivity contribution < 1.29 is 4.39 Å². The lowest BCUT2D eigenvalue weighted by Gasteiger charge is -2.23. The number of unbranched alkanes of at least 4 members (excludes halogenated alkanes) is 7. The molecule has 1 aliphatic rings. The maximum absolute atomic E-state index is 14.5. The molecule has 0 bridgehead atoms. The van der Waals surface area contributed by atoms with Gasteiger partial charge in [0.1, 0.15) is 5.67 Å². The summed E-state index contributed by atoms with van der Waals surface area (Å²) in [6.45, 7) is 4.12. The summed E-state index contributed by atoms with van der Waals surface area (Å²) in [4.78, 5) is 0. The zero-order valence-corrected chi connectivity index (χ0v) is 12.3. The Labute approximate surface area is 113 Å². The SMILES string of the molecule is CCCCCCCCCCC1(F)CCCNCC1. The Morgan fingerprint density at radius 1 is 0.889 bits per heavy atom. The molecule has 1 nitrogen and oxygen atoms in total. The van der Waals surface area contributed by atoms with Crippen LogP contribution in [-0.2, 0) is 0 Å². The number of rotatable bonds is 9. The molecule has 1 atom stereocenters. The summed E-state index contributed by atoms with van der Waals surface area (Å²) in [5, 5.41) is 3.29. The molecule has 108 valence electrons. The molecule has 2 heteroatoms. The van der Waals surface area contributed by atoms with E-state index in [0.717, 1.165) is 45.2 Å². The highest BCUT2D eigenvalue weighted by molar-refractivity contribution is 4.82. The van der Waals surface area contributed by atoms with Gasteiger partial charge < -0.3 is 5.32 Å². The van der Waals surface area contributed by atoms with Crippen LogP contribution in [0.4, 0.5) is 4.39 Å². The smallest absolute Gasteiger partial charge is 0.112 e. The fourth-order valence-electron chi connectivity index (χ4n) is 2.92. The normalized spacial score (nSPS) is 25.0. The van der Waals surface area contributed by atoms with Crippen molar-refractivity contribution in [3.8, 4) is 0 Å². The van der Waals surface area contributed by atoms with Crippen molar-refractivity contribution in [2.75, 3.05) is 13.1 Å². The van der Waals surface area contributed by atoms with Crippen LogP contribution in [0.2, 0.25) is 0 Å². The molecular weight excluding hydrogens is 225 g/mol. The molecule has 0 aromatic heterocycles. The van der Waals surface area contributed by atoms with E-state index in [4.69, 9.17) is 0 Å². The lowest BCUT2D eigenvalue weighted by Crippen LogP contribution is -2.24. The Morgan fingerprint density at radius 2 is 1.56 bits per heavy atom. The first-order valence-electron chi connectivity index (χ1n) is 8.16. The van der Waals surface area contributed by atoms with E-state index in [2.05, 4.69) is 12.2 Å². The molecule has 1 rings (SSSR count). The highest BCUT2D eigenvalue weighted by atomic mass is 19.1. The number of alkyl halides is 1. The first-order valence-corrected chi connectivity index (χ1v) is 8.16. The van der Waals surface area contributed by atoms with Gasteiger partial charge in [-0.25, -0.2) is 4.39 Å². The Kier molecular flexibility index (Phi) is 8.66.